The average Bonchev–Trinajstić information content (AvgIpc) is 3.23. The van der Waals surface area contributed by atoms with E-state index in [9.17, 15) is 14.7 Å². The van der Waals surface area contributed by atoms with Crippen molar-refractivity contribution in [3.05, 3.63) is 83.4 Å². The molecule has 4 rings (SSSR count). The standard InChI is InChI=1S/C30H32N2O6/c1-6-31(7-2)20-13-15-21(16-14-20)32-27(19-11-17-22(36-3)18-12-19)26(29(34)30(32)35)28(33)25-23(37-4)9-8-10-24(25)38-5/h8-18,27,33H,6-7H2,1-5H3/b28-26+. The van der Waals surface area contributed by atoms with Crippen LogP contribution in [0.25, 0.3) is 5.76 Å². The summed E-state index contributed by atoms with van der Waals surface area (Å²) in [5.41, 5.74) is 2.32. The maximum absolute atomic E-state index is 13.6. The normalized spacial score (nSPS) is 16.4. The van der Waals surface area contributed by atoms with E-state index in [1.807, 2.05) is 24.3 Å². The summed E-state index contributed by atoms with van der Waals surface area (Å²) in [4.78, 5) is 30.7. The monoisotopic (exact) mass is 516 g/mol. The highest BCUT2D eigenvalue weighted by molar-refractivity contribution is 6.51. The molecule has 0 saturated carbocycles. The molecule has 3 aromatic rings. The van der Waals surface area contributed by atoms with Gasteiger partial charge in [-0.1, -0.05) is 18.2 Å². The van der Waals surface area contributed by atoms with E-state index in [1.54, 1.807) is 49.6 Å². The predicted molar refractivity (Wildman–Crippen MR) is 147 cm³/mol. The third-order valence-electron chi connectivity index (χ3n) is 6.80. The van der Waals surface area contributed by atoms with Crippen molar-refractivity contribution in [3.8, 4) is 17.2 Å². The molecule has 8 heteroatoms. The first-order valence-electron chi connectivity index (χ1n) is 12.4. The summed E-state index contributed by atoms with van der Waals surface area (Å²) in [5.74, 6) is -0.669. The number of amides is 1. The van der Waals surface area contributed by atoms with Crippen molar-refractivity contribution in [2.45, 2.75) is 19.9 Å². The van der Waals surface area contributed by atoms with E-state index in [2.05, 4.69) is 18.7 Å². The highest BCUT2D eigenvalue weighted by Crippen LogP contribution is 2.45. The van der Waals surface area contributed by atoms with Crippen LogP contribution in [0.3, 0.4) is 0 Å². The molecule has 0 aliphatic carbocycles. The Morgan fingerprint density at radius 3 is 1.92 bits per heavy atom. The number of aliphatic hydroxyl groups excluding tert-OH is 1. The van der Waals surface area contributed by atoms with Crippen molar-refractivity contribution >= 4 is 28.8 Å². The minimum absolute atomic E-state index is 0.0595. The number of anilines is 2. The fourth-order valence-corrected chi connectivity index (χ4v) is 4.83. The van der Waals surface area contributed by atoms with Gasteiger partial charge in [0.1, 0.15) is 28.6 Å². The Morgan fingerprint density at radius 2 is 1.42 bits per heavy atom. The molecular weight excluding hydrogens is 484 g/mol. The second kappa shape index (κ2) is 11.3. The van der Waals surface area contributed by atoms with E-state index in [1.165, 1.54) is 19.1 Å². The van der Waals surface area contributed by atoms with Crippen LogP contribution < -0.4 is 24.0 Å². The Labute approximate surface area is 222 Å². The number of nitrogens with zero attached hydrogens (tertiary/aromatic N) is 2. The van der Waals surface area contributed by atoms with Crippen LogP contribution in [0.4, 0.5) is 11.4 Å². The van der Waals surface area contributed by atoms with Gasteiger partial charge in [0.2, 0.25) is 0 Å². The van der Waals surface area contributed by atoms with E-state index < -0.39 is 17.7 Å². The predicted octanol–water partition coefficient (Wildman–Crippen LogP) is 5.18. The van der Waals surface area contributed by atoms with Gasteiger partial charge < -0.3 is 24.2 Å². The number of carbonyl (C=O) groups excluding carboxylic acids is 2. The van der Waals surface area contributed by atoms with Gasteiger partial charge in [0.05, 0.1) is 32.9 Å². The van der Waals surface area contributed by atoms with Crippen LogP contribution in [0.15, 0.2) is 72.3 Å². The smallest absolute Gasteiger partial charge is 0.300 e. The second-order valence-corrected chi connectivity index (χ2v) is 8.67. The number of ketones is 1. The van der Waals surface area contributed by atoms with Crippen molar-refractivity contribution in [1.82, 2.24) is 0 Å². The van der Waals surface area contributed by atoms with Gasteiger partial charge in [0.25, 0.3) is 11.7 Å². The molecule has 1 fully saturated rings. The van der Waals surface area contributed by atoms with Crippen LogP contribution in [0, 0.1) is 0 Å². The average molecular weight is 517 g/mol. The molecule has 198 valence electrons. The first-order valence-corrected chi connectivity index (χ1v) is 12.4. The minimum Gasteiger partial charge on any atom is -0.506 e. The van der Waals surface area contributed by atoms with Gasteiger partial charge >= 0.3 is 0 Å². The number of Topliss-reactive ketones (excluding diaryl/α,β-unsaturated/α-hetero) is 1. The van der Waals surface area contributed by atoms with Crippen LogP contribution in [0.1, 0.15) is 31.0 Å². The van der Waals surface area contributed by atoms with Crippen molar-refractivity contribution in [2.75, 3.05) is 44.2 Å². The van der Waals surface area contributed by atoms with Crippen LogP contribution >= 0.6 is 0 Å². The summed E-state index contributed by atoms with van der Waals surface area (Å²) in [6.45, 7) is 5.83. The van der Waals surface area contributed by atoms with Crippen molar-refractivity contribution in [2.24, 2.45) is 0 Å². The van der Waals surface area contributed by atoms with E-state index in [0.717, 1.165) is 18.8 Å². The van der Waals surface area contributed by atoms with Gasteiger partial charge in [0, 0.05) is 24.5 Å². The van der Waals surface area contributed by atoms with E-state index in [-0.39, 0.29) is 16.9 Å². The van der Waals surface area contributed by atoms with E-state index in [4.69, 9.17) is 14.2 Å². The maximum Gasteiger partial charge on any atom is 0.300 e. The van der Waals surface area contributed by atoms with Crippen molar-refractivity contribution in [1.29, 1.82) is 0 Å². The maximum atomic E-state index is 13.6. The summed E-state index contributed by atoms with van der Waals surface area (Å²) < 4.78 is 16.2. The molecule has 1 aliphatic heterocycles. The Kier molecular flexibility index (Phi) is 7.90. The van der Waals surface area contributed by atoms with Gasteiger partial charge in [-0.25, -0.2) is 0 Å². The first-order chi connectivity index (χ1) is 18.4. The zero-order valence-corrected chi connectivity index (χ0v) is 22.2. The summed E-state index contributed by atoms with van der Waals surface area (Å²) in [7, 11) is 4.48. The summed E-state index contributed by atoms with van der Waals surface area (Å²) in [6, 6.07) is 18.7. The summed E-state index contributed by atoms with van der Waals surface area (Å²) in [5, 5.41) is 11.6. The third kappa shape index (κ3) is 4.65. The SMILES string of the molecule is CCN(CC)c1ccc(N2C(=O)C(=O)/C(=C(/O)c3c(OC)cccc3OC)C2c2ccc(OC)cc2)cc1. The molecule has 0 bridgehead atoms. The zero-order chi connectivity index (χ0) is 27.4. The summed E-state index contributed by atoms with van der Waals surface area (Å²) >= 11 is 0. The molecule has 38 heavy (non-hydrogen) atoms. The second-order valence-electron chi connectivity index (χ2n) is 8.67. The molecule has 1 aliphatic rings. The topological polar surface area (TPSA) is 88.5 Å². The first kappa shape index (κ1) is 26.6. The van der Waals surface area contributed by atoms with Gasteiger partial charge in [0.15, 0.2) is 0 Å². The number of aliphatic hydroxyl groups is 1. The molecule has 3 aromatic carbocycles. The number of methoxy groups -OCH3 is 3. The molecule has 1 atom stereocenters. The Bertz CT molecular complexity index is 1320. The highest BCUT2D eigenvalue weighted by atomic mass is 16.5. The molecule has 0 radical (unpaired) electrons. The number of benzene rings is 3. The molecule has 1 unspecified atom stereocenters. The number of rotatable bonds is 9. The fraction of sp³-hybridized carbons (Fsp3) is 0.267. The Hall–Kier alpha value is -4.46. The lowest BCUT2D eigenvalue weighted by atomic mass is 9.94. The fourth-order valence-electron chi connectivity index (χ4n) is 4.83. The number of carbonyl (C=O) groups is 2. The Morgan fingerprint density at radius 1 is 0.842 bits per heavy atom. The number of hydrogen-bond donors (Lipinski definition) is 1. The van der Waals surface area contributed by atoms with Crippen molar-refractivity contribution < 1.29 is 28.9 Å². The van der Waals surface area contributed by atoms with Crippen LogP contribution in [0.5, 0.6) is 17.2 Å². The van der Waals surface area contributed by atoms with Gasteiger partial charge in [-0.2, -0.15) is 0 Å². The third-order valence-corrected chi connectivity index (χ3v) is 6.80. The van der Waals surface area contributed by atoms with Crippen LogP contribution in [-0.4, -0.2) is 51.2 Å². The van der Waals surface area contributed by atoms with Crippen molar-refractivity contribution in [3.63, 3.8) is 0 Å². The lowest BCUT2D eigenvalue weighted by Crippen LogP contribution is -2.29. The molecule has 0 aromatic heterocycles. The lowest BCUT2D eigenvalue weighted by Gasteiger charge is -2.27. The molecule has 1 N–H and O–H groups in total. The number of hydrogen-bond acceptors (Lipinski definition) is 7. The molecule has 8 nitrogen and oxygen atoms in total. The summed E-state index contributed by atoms with van der Waals surface area (Å²) in [6.07, 6.45) is 0. The molecule has 1 heterocycles. The zero-order valence-electron chi connectivity index (χ0n) is 22.2. The van der Waals surface area contributed by atoms with E-state index >= 15 is 0 Å². The minimum atomic E-state index is -0.894. The lowest BCUT2D eigenvalue weighted by molar-refractivity contribution is -0.132. The van der Waals surface area contributed by atoms with Gasteiger partial charge in [-0.3, -0.25) is 14.5 Å². The molecule has 1 saturated heterocycles. The van der Waals surface area contributed by atoms with Gasteiger partial charge in [-0.05, 0) is 67.9 Å². The largest absolute Gasteiger partial charge is 0.506 e. The van der Waals surface area contributed by atoms with Crippen LogP contribution in [-0.2, 0) is 9.59 Å². The van der Waals surface area contributed by atoms with E-state index in [0.29, 0.717) is 28.5 Å². The molecule has 0 spiro atoms. The number of ether oxygens (including phenoxy) is 3. The highest BCUT2D eigenvalue weighted by Gasteiger charge is 2.47. The quantitative estimate of drug-likeness (QED) is 0.238. The molecular formula is C30H32N2O6. The van der Waals surface area contributed by atoms with Gasteiger partial charge in [-0.15, -0.1) is 0 Å². The molecule has 1 amide bonds. The Balaban J connectivity index is 1.93. The van der Waals surface area contributed by atoms with Crippen LogP contribution in [0.2, 0.25) is 0 Å².